The van der Waals surface area contributed by atoms with Gasteiger partial charge in [0, 0.05) is 0 Å². The van der Waals surface area contributed by atoms with Crippen LogP contribution in [0.15, 0.2) is 93.3 Å². The molecule has 186 valence electrons. The van der Waals surface area contributed by atoms with Crippen LogP contribution in [0.1, 0.15) is 64.7 Å². The molecular weight excluding hydrogens is 558 g/mol. The van der Waals surface area contributed by atoms with Crippen molar-refractivity contribution in [1.82, 2.24) is 0 Å². The van der Waals surface area contributed by atoms with E-state index in [0.717, 1.165) is 12.8 Å². The molecule has 0 saturated heterocycles. The second-order valence-corrected chi connectivity index (χ2v) is 17.2. The maximum Gasteiger partial charge on any atom is -1.00 e. The van der Waals surface area contributed by atoms with Crippen LogP contribution in [-0.2, 0) is 27.7 Å². The molecule has 0 aromatic heterocycles. The van der Waals surface area contributed by atoms with Crippen molar-refractivity contribution in [3.8, 4) is 11.1 Å². The van der Waals surface area contributed by atoms with Gasteiger partial charge in [-0.3, -0.25) is 0 Å². The number of fused-ring (bicyclic) bond motifs is 3. The van der Waals surface area contributed by atoms with Crippen LogP contribution < -0.4 is 28.1 Å². The molecule has 0 amide bonds. The van der Waals surface area contributed by atoms with Crippen LogP contribution in [0.2, 0.25) is 0 Å². The van der Waals surface area contributed by atoms with E-state index in [1.54, 1.807) is 26.5 Å². The molecule has 36 heavy (non-hydrogen) atoms. The second-order valence-electron chi connectivity index (χ2n) is 10.9. The Morgan fingerprint density at radius 2 is 1.50 bits per heavy atom. The van der Waals surface area contributed by atoms with Gasteiger partial charge in [0.15, 0.2) is 0 Å². The Morgan fingerprint density at radius 3 is 2.17 bits per heavy atom. The fourth-order valence-electron chi connectivity index (χ4n) is 6.09. The van der Waals surface area contributed by atoms with Gasteiger partial charge in [-0.1, -0.05) is 0 Å². The Hall–Kier alpha value is -1.53. The van der Waals surface area contributed by atoms with Gasteiger partial charge in [0.2, 0.25) is 0 Å². The number of halogens is 2. The molecule has 1 atom stereocenters. The van der Waals surface area contributed by atoms with Crippen LogP contribution in [0, 0.1) is 11.3 Å². The van der Waals surface area contributed by atoms with E-state index in [1.165, 1.54) is 22.3 Å². The summed E-state index contributed by atoms with van der Waals surface area (Å²) < 4.78 is 5.15. The normalized spacial score (nSPS) is 16.4. The second kappa shape index (κ2) is 11.5. The first-order chi connectivity index (χ1) is 16.3. The third-order valence-corrected chi connectivity index (χ3v) is 15.9. The Bertz CT molecular complexity index is 1350. The van der Waals surface area contributed by atoms with Gasteiger partial charge in [0.25, 0.3) is 0 Å². The predicted molar refractivity (Wildman–Crippen MR) is 145 cm³/mol. The zero-order valence-corrected chi connectivity index (χ0v) is 26.2. The Kier molecular flexibility index (Phi) is 9.25. The Labute approximate surface area is 237 Å². The summed E-state index contributed by atoms with van der Waals surface area (Å²) >= 11 is -2.44. The summed E-state index contributed by atoms with van der Waals surface area (Å²) in [6.45, 7) is 14.4. The predicted octanol–water partition coefficient (Wildman–Crippen LogP) is 2.04. The molecule has 5 rings (SSSR count). The van der Waals surface area contributed by atoms with E-state index in [0.29, 0.717) is 5.92 Å². The molecular formula is C33H36Cl2Zr. The van der Waals surface area contributed by atoms with E-state index in [-0.39, 0.29) is 30.2 Å². The summed E-state index contributed by atoms with van der Waals surface area (Å²) in [7, 11) is 0. The summed E-state index contributed by atoms with van der Waals surface area (Å²) in [6.07, 6.45) is 4.81. The molecule has 2 aliphatic carbocycles. The van der Waals surface area contributed by atoms with Crippen LogP contribution in [0.25, 0.3) is 11.1 Å². The first-order valence-electron chi connectivity index (χ1n) is 12.7. The van der Waals surface area contributed by atoms with E-state index in [4.69, 9.17) is 0 Å². The molecule has 0 spiro atoms. The van der Waals surface area contributed by atoms with Crippen molar-refractivity contribution in [1.29, 1.82) is 0 Å². The van der Waals surface area contributed by atoms with Crippen molar-refractivity contribution in [2.75, 3.05) is 0 Å². The number of hydrogen-bond acceptors (Lipinski definition) is 0. The molecule has 0 bridgehead atoms. The molecule has 3 heteroatoms. The maximum atomic E-state index is 2.60. The molecule has 0 heterocycles. The van der Waals surface area contributed by atoms with Gasteiger partial charge >= 0.3 is 215 Å². The van der Waals surface area contributed by atoms with Gasteiger partial charge in [0.1, 0.15) is 0 Å². The zero-order valence-electron chi connectivity index (χ0n) is 22.3. The molecule has 0 saturated carbocycles. The number of rotatable bonds is 4. The van der Waals surface area contributed by atoms with E-state index in [9.17, 15) is 0 Å². The molecule has 0 aliphatic heterocycles. The van der Waals surface area contributed by atoms with Crippen molar-refractivity contribution in [2.24, 2.45) is 11.3 Å². The standard InChI is InChI=1S/C13H9.C12H19.C8H8.2ClH.Zr/c1-3-7-12-10(5-1)9-11-6-2-4-8-13(11)12;1-6-10-7-9(2)8-11(10)12(3,4)5;1-2-8-6-4-3-5-7-8;;;/h1-5,7-8H,9H2;8-9H,6H2,1-5H3;3-7H,1H3;2*1H;/q;;;;;+2/p-2. The van der Waals surface area contributed by atoms with Gasteiger partial charge in [-0.05, 0) is 0 Å². The Balaban J connectivity index is 0.00000180. The smallest absolute Gasteiger partial charge is 1.00 e. The molecule has 0 N–H and O–H groups in total. The van der Waals surface area contributed by atoms with Gasteiger partial charge < -0.3 is 24.8 Å². The van der Waals surface area contributed by atoms with Crippen LogP contribution >= 0.6 is 0 Å². The molecule has 1 unspecified atom stereocenters. The topological polar surface area (TPSA) is 0 Å². The monoisotopic (exact) mass is 592 g/mol. The van der Waals surface area contributed by atoms with Crippen molar-refractivity contribution in [3.05, 3.63) is 110 Å². The van der Waals surface area contributed by atoms with E-state index in [1.807, 2.05) is 0 Å². The molecule has 0 radical (unpaired) electrons. The summed E-state index contributed by atoms with van der Waals surface area (Å²) in [4.78, 5) is 0. The van der Waals surface area contributed by atoms with Crippen LogP contribution in [0.3, 0.4) is 0 Å². The molecule has 3 aromatic carbocycles. The average molecular weight is 595 g/mol. The third kappa shape index (κ3) is 5.09. The maximum absolute atomic E-state index is 2.60. The molecule has 0 fully saturated rings. The number of hydrogen-bond donors (Lipinski definition) is 0. The van der Waals surface area contributed by atoms with Gasteiger partial charge in [-0.25, -0.2) is 0 Å². The van der Waals surface area contributed by atoms with Crippen LogP contribution in [0.4, 0.5) is 0 Å². The molecule has 2 aliphatic rings. The van der Waals surface area contributed by atoms with Crippen LogP contribution in [-0.4, -0.2) is 3.21 Å². The average Bonchev–Trinajstić information content (AvgIpc) is 3.38. The third-order valence-electron chi connectivity index (χ3n) is 7.66. The van der Waals surface area contributed by atoms with Gasteiger partial charge in [-0.2, -0.15) is 0 Å². The van der Waals surface area contributed by atoms with E-state index >= 15 is 0 Å². The van der Waals surface area contributed by atoms with Crippen molar-refractivity contribution < 1.29 is 46.1 Å². The van der Waals surface area contributed by atoms with E-state index in [2.05, 4.69) is 120 Å². The first kappa shape index (κ1) is 29.0. The zero-order chi connectivity index (χ0) is 24.0. The van der Waals surface area contributed by atoms with Crippen LogP contribution in [0.5, 0.6) is 0 Å². The van der Waals surface area contributed by atoms with Crippen molar-refractivity contribution in [2.45, 2.75) is 54.4 Å². The largest absolute Gasteiger partial charge is 1.00 e. The minimum atomic E-state index is -2.44. The summed E-state index contributed by atoms with van der Waals surface area (Å²) in [6, 6.07) is 27.4. The van der Waals surface area contributed by atoms with Gasteiger partial charge in [-0.15, -0.1) is 0 Å². The quantitative estimate of drug-likeness (QED) is 0.340. The number of benzene rings is 3. The summed E-state index contributed by atoms with van der Waals surface area (Å²) in [5.41, 5.74) is 10.9. The van der Waals surface area contributed by atoms with Crippen molar-refractivity contribution in [3.63, 3.8) is 0 Å². The number of allylic oxidation sites excluding steroid dienone is 4. The molecule has 3 aromatic rings. The fraction of sp³-hybridized carbons (Fsp3) is 0.303. The van der Waals surface area contributed by atoms with E-state index < -0.39 is 21.3 Å². The summed E-state index contributed by atoms with van der Waals surface area (Å²) in [5.74, 6) is 0.525. The molecule has 0 nitrogen and oxygen atoms in total. The Morgan fingerprint density at radius 1 is 0.861 bits per heavy atom. The summed E-state index contributed by atoms with van der Waals surface area (Å²) in [5, 5.41) is 0. The fourth-order valence-corrected chi connectivity index (χ4v) is 14.7. The van der Waals surface area contributed by atoms with Crippen molar-refractivity contribution >= 4 is 6.48 Å². The first-order valence-corrected chi connectivity index (χ1v) is 16.4. The van der Waals surface area contributed by atoms with Gasteiger partial charge in [0.05, 0.1) is 0 Å². The minimum Gasteiger partial charge on any atom is -1.00 e. The minimum absolute atomic E-state index is 0. The SMILES string of the molecule is CCC1=[C](/[Zr+2](=[C](\C)c2ccccc2)[c]2cccc3c2Cc2ccccc2-3)C(C)C=C1C(C)(C)C.[Cl-].[Cl-].